The molecule has 0 N–H and O–H groups in total. The number of hydrogen-bond donors (Lipinski definition) is 0. The summed E-state index contributed by atoms with van der Waals surface area (Å²) >= 11 is 1.72. The topological polar surface area (TPSA) is 17.1 Å². The van der Waals surface area contributed by atoms with Crippen LogP contribution in [0.3, 0.4) is 0 Å². The summed E-state index contributed by atoms with van der Waals surface area (Å²) in [5.41, 5.74) is 2.90. The lowest BCUT2D eigenvalue weighted by Gasteiger charge is -2.07. The third-order valence-electron chi connectivity index (χ3n) is 3.04. The van der Waals surface area contributed by atoms with Crippen molar-refractivity contribution in [2.75, 3.05) is 5.75 Å². The van der Waals surface area contributed by atoms with E-state index in [-0.39, 0.29) is 5.78 Å². The minimum absolute atomic E-state index is 0.257. The van der Waals surface area contributed by atoms with Crippen LogP contribution >= 0.6 is 11.8 Å². The lowest BCUT2D eigenvalue weighted by molar-refractivity contribution is -0.114. The van der Waals surface area contributed by atoms with Gasteiger partial charge >= 0.3 is 0 Å². The van der Waals surface area contributed by atoms with Crippen LogP contribution in [0.5, 0.6) is 0 Å². The number of allylic oxidation sites excluding steroid dienone is 5. The fourth-order valence-electron chi connectivity index (χ4n) is 1.91. The Morgan fingerprint density at radius 2 is 1.75 bits per heavy atom. The predicted octanol–water partition coefficient (Wildman–Crippen LogP) is 5.73. The summed E-state index contributed by atoms with van der Waals surface area (Å²) in [6.07, 6.45) is 13.5. The van der Waals surface area contributed by atoms with Gasteiger partial charge in [0.2, 0.25) is 0 Å². The normalized spacial score (nSPS) is 14.8. The molecule has 1 nitrogen and oxygen atoms in total. The Kier molecular flexibility index (Phi) is 11.6. The molecule has 0 aromatic rings. The Morgan fingerprint density at radius 1 is 1.10 bits per heavy atom. The van der Waals surface area contributed by atoms with Crippen LogP contribution in [0.15, 0.2) is 35.5 Å². The van der Waals surface area contributed by atoms with E-state index in [2.05, 4.69) is 52.0 Å². The minimum atomic E-state index is 0.257. The number of rotatable bonds is 10. The van der Waals surface area contributed by atoms with Gasteiger partial charge in [0.05, 0.1) is 5.75 Å². The van der Waals surface area contributed by atoms with Crippen molar-refractivity contribution in [3.8, 4) is 0 Å². The molecule has 0 spiro atoms. The van der Waals surface area contributed by atoms with Crippen molar-refractivity contribution in [1.29, 1.82) is 0 Å². The molecule has 1 atom stereocenters. The highest BCUT2D eigenvalue weighted by molar-refractivity contribution is 8.00. The van der Waals surface area contributed by atoms with Crippen LogP contribution in [0.2, 0.25) is 0 Å². The zero-order chi connectivity index (χ0) is 15.4. The van der Waals surface area contributed by atoms with Gasteiger partial charge in [0.1, 0.15) is 5.78 Å². The molecule has 0 aliphatic rings. The van der Waals surface area contributed by atoms with E-state index in [0.29, 0.717) is 11.0 Å². The molecule has 0 rings (SSSR count). The molecule has 20 heavy (non-hydrogen) atoms. The smallest absolute Gasteiger partial charge is 0.139 e. The Morgan fingerprint density at radius 3 is 2.35 bits per heavy atom. The van der Waals surface area contributed by atoms with E-state index in [9.17, 15) is 4.79 Å². The Labute approximate surface area is 129 Å². The summed E-state index contributed by atoms with van der Waals surface area (Å²) in [5.74, 6) is 0.877. The van der Waals surface area contributed by atoms with E-state index in [1.807, 2.05) is 0 Å². The second kappa shape index (κ2) is 12.0. The van der Waals surface area contributed by atoms with Gasteiger partial charge in [-0.05, 0) is 60.3 Å². The molecule has 114 valence electrons. The van der Waals surface area contributed by atoms with Gasteiger partial charge < -0.3 is 0 Å². The molecule has 0 amide bonds. The van der Waals surface area contributed by atoms with Crippen molar-refractivity contribution in [1.82, 2.24) is 0 Å². The Bertz CT molecular complexity index is 364. The third kappa shape index (κ3) is 12.3. The van der Waals surface area contributed by atoms with E-state index in [0.717, 1.165) is 25.7 Å². The molecule has 0 radical (unpaired) electrons. The second-order valence-electron chi connectivity index (χ2n) is 5.43. The molecule has 0 aliphatic heterocycles. The molecule has 0 bridgehead atoms. The molecule has 2 heteroatoms. The second-order valence-corrected chi connectivity index (χ2v) is 6.79. The van der Waals surface area contributed by atoms with Gasteiger partial charge in [0.15, 0.2) is 0 Å². The van der Waals surface area contributed by atoms with E-state index >= 15 is 0 Å². The molecule has 0 aliphatic carbocycles. The van der Waals surface area contributed by atoms with Crippen LogP contribution in [0.1, 0.15) is 60.3 Å². The van der Waals surface area contributed by atoms with Crippen molar-refractivity contribution >= 4 is 17.5 Å². The predicted molar refractivity (Wildman–Crippen MR) is 93.4 cm³/mol. The SMILES string of the molecule is CC=CCC/C(C)=C/CC/C(C)=C/C(C)SCC(C)=O. The molecule has 0 aromatic heterocycles. The average molecular weight is 295 g/mol. The van der Waals surface area contributed by atoms with E-state index in [4.69, 9.17) is 0 Å². The third-order valence-corrected chi connectivity index (χ3v) is 4.28. The zero-order valence-electron chi connectivity index (χ0n) is 13.7. The Hall–Kier alpha value is -0.760. The number of carbonyl (C=O) groups excluding carboxylic acids is 1. The van der Waals surface area contributed by atoms with Crippen molar-refractivity contribution in [2.24, 2.45) is 0 Å². The molecule has 0 saturated carbocycles. The molecular formula is C18H30OS. The summed E-state index contributed by atoms with van der Waals surface area (Å²) < 4.78 is 0. The van der Waals surface area contributed by atoms with Crippen LogP contribution in [0, 0.1) is 0 Å². The highest BCUT2D eigenvalue weighted by Crippen LogP contribution is 2.16. The number of hydrogen-bond acceptors (Lipinski definition) is 2. The summed E-state index contributed by atoms with van der Waals surface area (Å²) in [4.78, 5) is 10.9. The quantitative estimate of drug-likeness (QED) is 0.479. The molecular weight excluding hydrogens is 264 g/mol. The standard InChI is InChI=1S/C18H30OS/c1-6-7-8-10-15(2)11-9-12-16(3)13-18(5)20-14-17(4)19/h6-7,11,13,18H,8-10,12,14H2,1-5H3/b7-6?,15-11+,16-13+. The summed E-state index contributed by atoms with van der Waals surface area (Å²) in [7, 11) is 0. The lowest BCUT2D eigenvalue weighted by Crippen LogP contribution is -2.00. The number of Topliss-reactive ketones (excluding diaryl/α,β-unsaturated/α-hetero) is 1. The maximum atomic E-state index is 10.9. The highest BCUT2D eigenvalue weighted by Gasteiger charge is 2.01. The largest absolute Gasteiger partial charge is 0.299 e. The summed E-state index contributed by atoms with van der Waals surface area (Å²) in [6.45, 7) is 10.3. The molecule has 0 aromatic carbocycles. The van der Waals surface area contributed by atoms with E-state index in [1.54, 1.807) is 18.7 Å². The van der Waals surface area contributed by atoms with Crippen LogP contribution < -0.4 is 0 Å². The van der Waals surface area contributed by atoms with Crippen LogP contribution in [0.4, 0.5) is 0 Å². The van der Waals surface area contributed by atoms with Gasteiger partial charge in [0.25, 0.3) is 0 Å². The maximum absolute atomic E-state index is 10.9. The van der Waals surface area contributed by atoms with Crippen molar-refractivity contribution in [3.63, 3.8) is 0 Å². The van der Waals surface area contributed by atoms with E-state index in [1.165, 1.54) is 11.1 Å². The highest BCUT2D eigenvalue weighted by atomic mass is 32.2. The first-order chi connectivity index (χ1) is 9.45. The van der Waals surface area contributed by atoms with E-state index < -0.39 is 0 Å². The lowest BCUT2D eigenvalue weighted by atomic mass is 10.1. The zero-order valence-corrected chi connectivity index (χ0v) is 14.6. The van der Waals surface area contributed by atoms with Gasteiger partial charge in [-0.2, -0.15) is 0 Å². The van der Waals surface area contributed by atoms with Crippen LogP contribution in [0.25, 0.3) is 0 Å². The van der Waals surface area contributed by atoms with Crippen molar-refractivity contribution in [2.45, 2.75) is 65.6 Å². The first-order valence-electron chi connectivity index (χ1n) is 7.50. The molecule has 0 saturated heterocycles. The van der Waals surface area contributed by atoms with Crippen LogP contribution in [-0.4, -0.2) is 16.8 Å². The van der Waals surface area contributed by atoms with Crippen LogP contribution in [-0.2, 0) is 4.79 Å². The number of thioether (sulfide) groups is 1. The fourth-order valence-corrected chi connectivity index (χ4v) is 2.73. The summed E-state index contributed by atoms with van der Waals surface area (Å²) in [6, 6.07) is 0. The molecule has 0 heterocycles. The minimum Gasteiger partial charge on any atom is -0.299 e. The number of carbonyl (C=O) groups is 1. The average Bonchev–Trinajstić information content (AvgIpc) is 2.36. The first-order valence-corrected chi connectivity index (χ1v) is 8.55. The molecule has 0 fully saturated rings. The van der Waals surface area contributed by atoms with Gasteiger partial charge in [-0.15, -0.1) is 11.8 Å². The Balaban J connectivity index is 3.98. The first kappa shape index (κ1) is 19.2. The fraction of sp³-hybridized carbons (Fsp3) is 0.611. The molecule has 1 unspecified atom stereocenters. The summed E-state index contributed by atoms with van der Waals surface area (Å²) in [5, 5.41) is 0.429. The van der Waals surface area contributed by atoms with Gasteiger partial charge in [-0.25, -0.2) is 0 Å². The number of ketones is 1. The van der Waals surface area contributed by atoms with Crippen molar-refractivity contribution in [3.05, 3.63) is 35.5 Å². The maximum Gasteiger partial charge on any atom is 0.139 e. The van der Waals surface area contributed by atoms with Gasteiger partial charge in [-0.3, -0.25) is 4.79 Å². The monoisotopic (exact) mass is 294 g/mol. The van der Waals surface area contributed by atoms with Gasteiger partial charge in [0, 0.05) is 5.25 Å². The van der Waals surface area contributed by atoms with Crippen molar-refractivity contribution < 1.29 is 4.79 Å². The van der Waals surface area contributed by atoms with Gasteiger partial charge in [-0.1, -0.05) is 35.5 Å².